The molecule has 4 heteroatoms. The SMILES string of the molecule is CC(C)COCCN1C(=O)CCc2cc(I)ccc21. The van der Waals surface area contributed by atoms with Crippen LogP contribution in [0.1, 0.15) is 25.8 Å². The fourth-order valence-corrected chi connectivity index (χ4v) is 2.80. The first-order valence-electron chi connectivity index (χ1n) is 6.74. The van der Waals surface area contributed by atoms with Crippen molar-refractivity contribution in [3.63, 3.8) is 0 Å². The number of benzene rings is 1. The average molecular weight is 373 g/mol. The molecule has 0 fully saturated rings. The number of fused-ring (bicyclic) bond motifs is 1. The van der Waals surface area contributed by atoms with Gasteiger partial charge in [0, 0.05) is 28.8 Å². The summed E-state index contributed by atoms with van der Waals surface area (Å²) in [6, 6.07) is 6.28. The van der Waals surface area contributed by atoms with Gasteiger partial charge in [-0.1, -0.05) is 13.8 Å². The second-order valence-electron chi connectivity index (χ2n) is 5.29. The Hall–Kier alpha value is -0.620. The van der Waals surface area contributed by atoms with E-state index in [1.165, 1.54) is 9.13 Å². The maximum Gasteiger partial charge on any atom is 0.227 e. The number of carbonyl (C=O) groups is 1. The number of aryl methyl sites for hydroxylation is 1. The molecule has 0 bridgehead atoms. The minimum Gasteiger partial charge on any atom is -0.379 e. The molecule has 0 unspecified atom stereocenters. The molecule has 0 aliphatic carbocycles. The summed E-state index contributed by atoms with van der Waals surface area (Å²) in [5.41, 5.74) is 2.33. The Labute approximate surface area is 128 Å². The lowest BCUT2D eigenvalue weighted by atomic mass is 10.0. The minimum absolute atomic E-state index is 0.210. The van der Waals surface area contributed by atoms with E-state index >= 15 is 0 Å². The summed E-state index contributed by atoms with van der Waals surface area (Å²) in [6.45, 7) is 6.27. The quantitative estimate of drug-likeness (QED) is 0.586. The Bertz CT molecular complexity index is 459. The zero-order valence-corrected chi connectivity index (χ0v) is 13.6. The van der Waals surface area contributed by atoms with Gasteiger partial charge in [0.15, 0.2) is 0 Å². The Morgan fingerprint density at radius 1 is 1.37 bits per heavy atom. The van der Waals surface area contributed by atoms with E-state index in [0.717, 1.165) is 18.7 Å². The summed E-state index contributed by atoms with van der Waals surface area (Å²) < 4.78 is 6.81. The topological polar surface area (TPSA) is 29.5 Å². The normalized spacial score (nSPS) is 14.9. The van der Waals surface area contributed by atoms with Gasteiger partial charge in [-0.3, -0.25) is 4.79 Å². The number of hydrogen-bond donors (Lipinski definition) is 0. The van der Waals surface area contributed by atoms with Crippen LogP contribution < -0.4 is 4.90 Å². The molecule has 1 aliphatic heterocycles. The van der Waals surface area contributed by atoms with Crippen LogP contribution in [-0.4, -0.2) is 25.7 Å². The van der Waals surface area contributed by atoms with Crippen molar-refractivity contribution in [3.8, 4) is 0 Å². The van der Waals surface area contributed by atoms with Crippen molar-refractivity contribution in [2.24, 2.45) is 5.92 Å². The Kier molecular flexibility index (Phi) is 5.21. The van der Waals surface area contributed by atoms with Crippen LogP contribution in [-0.2, 0) is 16.0 Å². The molecule has 104 valence electrons. The number of hydrogen-bond acceptors (Lipinski definition) is 2. The highest BCUT2D eigenvalue weighted by molar-refractivity contribution is 14.1. The van der Waals surface area contributed by atoms with Gasteiger partial charge in [0.25, 0.3) is 0 Å². The highest BCUT2D eigenvalue weighted by Crippen LogP contribution is 2.28. The molecule has 1 aromatic carbocycles. The van der Waals surface area contributed by atoms with Gasteiger partial charge >= 0.3 is 0 Å². The number of amides is 1. The van der Waals surface area contributed by atoms with Crippen molar-refractivity contribution >= 4 is 34.2 Å². The number of halogens is 1. The highest BCUT2D eigenvalue weighted by Gasteiger charge is 2.23. The van der Waals surface area contributed by atoms with E-state index in [2.05, 4.69) is 54.6 Å². The van der Waals surface area contributed by atoms with Gasteiger partial charge in [-0.2, -0.15) is 0 Å². The first-order chi connectivity index (χ1) is 9.08. The molecule has 1 aliphatic rings. The molecule has 1 amide bonds. The van der Waals surface area contributed by atoms with Gasteiger partial charge in [-0.25, -0.2) is 0 Å². The number of rotatable bonds is 5. The van der Waals surface area contributed by atoms with Crippen LogP contribution in [0.3, 0.4) is 0 Å². The summed E-state index contributed by atoms with van der Waals surface area (Å²) in [5, 5.41) is 0. The van der Waals surface area contributed by atoms with Crippen molar-refractivity contribution in [1.29, 1.82) is 0 Å². The third kappa shape index (κ3) is 3.92. The lowest BCUT2D eigenvalue weighted by Gasteiger charge is -2.29. The van der Waals surface area contributed by atoms with E-state index in [9.17, 15) is 4.79 Å². The van der Waals surface area contributed by atoms with Crippen LogP contribution >= 0.6 is 22.6 Å². The molecule has 3 nitrogen and oxygen atoms in total. The third-order valence-electron chi connectivity index (χ3n) is 3.15. The molecule has 1 heterocycles. The van der Waals surface area contributed by atoms with E-state index in [0.29, 0.717) is 25.5 Å². The van der Waals surface area contributed by atoms with Crippen molar-refractivity contribution in [2.45, 2.75) is 26.7 Å². The van der Waals surface area contributed by atoms with Gasteiger partial charge in [-0.05, 0) is 58.7 Å². The molecule has 0 atom stereocenters. The number of carbonyl (C=O) groups excluding carboxylic acids is 1. The largest absolute Gasteiger partial charge is 0.379 e. The average Bonchev–Trinajstić information content (AvgIpc) is 2.36. The smallest absolute Gasteiger partial charge is 0.227 e. The maximum atomic E-state index is 12.0. The summed E-state index contributed by atoms with van der Waals surface area (Å²) in [6.07, 6.45) is 1.46. The predicted octanol–water partition coefficient (Wildman–Crippen LogP) is 3.24. The predicted molar refractivity (Wildman–Crippen MR) is 85.5 cm³/mol. The zero-order chi connectivity index (χ0) is 13.8. The van der Waals surface area contributed by atoms with E-state index in [1.54, 1.807) is 0 Å². The van der Waals surface area contributed by atoms with Crippen molar-refractivity contribution in [1.82, 2.24) is 0 Å². The molecule has 0 saturated heterocycles. The maximum absolute atomic E-state index is 12.0. The molecule has 0 spiro atoms. The van der Waals surface area contributed by atoms with Crippen LogP contribution in [0.2, 0.25) is 0 Å². The summed E-state index contributed by atoms with van der Waals surface area (Å²) >= 11 is 2.31. The van der Waals surface area contributed by atoms with Crippen molar-refractivity contribution in [2.75, 3.05) is 24.7 Å². The van der Waals surface area contributed by atoms with E-state index in [-0.39, 0.29) is 5.91 Å². The molecule has 0 radical (unpaired) electrons. The van der Waals surface area contributed by atoms with E-state index in [1.807, 2.05) is 4.90 Å². The van der Waals surface area contributed by atoms with Gasteiger partial charge in [0.05, 0.1) is 6.61 Å². The fraction of sp³-hybridized carbons (Fsp3) is 0.533. The van der Waals surface area contributed by atoms with Crippen LogP contribution in [0.5, 0.6) is 0 Å². The lowest BCUT2D eigenvalue weighted by molar-refractivity contribution is -0.119. The number of ether oxygens (including phenoxy) is 1. The number of nitrogens with zero attached hydrogens (tertiary/aromatic N) is 1. The summed E-state index contributed by atoms with van der Waals surface area (Å²) in [5.74, 6) is 0.743. The molecule has 19 heavy (non-hydrogen) atoms. The van der Waals surface area contributed by atoms with Crippen LogP contribution in [0, 0.1) is 9.49 Å². The lowest BCUT2D eigenvalue weighted by Crippen LogP contribution is -2.37. The highest BCUT2D eigenvalue weighted by atomic mass is 127. The molecule has 1 aromatic rings. The van der Waals surface area contributed by atoms with Gasteiger partial charge < -0.3 is 9.64 Å². The van der Waals surface area contributed by atoms with Crippen molar-refractivity contribution in [3.05, 3.63) is 27.3 Å². The number of anilines is 1. The van der Waals surface area contributed by atoms with Gasteiger partial charge in [-0.15, -0.1) is 0 Å². The molecule has 0 N–H and O–H groups in total. The summed E-state index contributed by atoms with van der Waals surface area (Å²) in [4.78, 5) is 13.9. The molecule has 0 saturated carbocycles. The van der Waals surface area contributed by atoms with Crippen LogP contribution in [0.15, 0.2) is 18.2 Å². The Morgan fingerprint density at radius 3 is 2.89 bits per heavy atom. The summed E-state index contributed by atoms with van der Waals surface area (Å²) in [7, 11) is 0. The minimum atomic E-state index is 0.210. The van der Waals surface area contributed by atoms with Crippen molar-refractivity contribution < 1.29 is 9.53 Å². The third-order valence-corrected chi connectivity index (χ3v) is 3.82. The Balaban J connectivity index is 2.02. The second-order valence-corrected chi connectivity index (χ2v) is 6.53. The van der Waals surface area contributed by atoms with Gasteiger partial charge in [0.2, 0.25) is 5.91 Å². The van der Waals surface area contributed by atoms with Crippen LogP contribution in [0.25, 0.3) is 0 Å². The molecular weight excluding hydrogens is 353 g/mol. The monoisotopic (exact) mass is 373 g/mol. The second kappa shape index (κ2) is 6.70. The van der Waals surface area contributed by atoms with E-state index < -0.39 is 0 Å². The zero-order valence-electron chi connectivity index (χ0n) is 11.5. The Morgan fingerprint density at radius 2 is 2.16 bits per heavy atom. The molecule has 0 aromatic heterocycles. The fourth-order valence-electron chi connectivity index (χ4n) is 2.25. The first-order valence-corrected chi connectivity index (χ1v) is 7.82. The van der Waals surface area contributed by atoms with Crippen LogP contribution in [0.4, 0.5) is 5.69 Å². The van der Waals surface area contributed by atoms with Gasteiger partial charge in [0.1, 0.15) is 0 Å². The van der Waals surface area contributed by atoms with E-state index in [4.69, 9.17) is 4.74 Å². The molecule has 2 rings (SSSR count). The standard InChI is InChI=1S/C15H20INO2/c1-11(2)10-19-8-7-17-14-5-4-13(16)9-12(14)3-6-15(17)18/h4-5,9,11H,3,6-8,10H2,1-2H3. The first kappa shape index (κ1) is 14.8. The molecular formula is C15H20INO2.